The Labute approximate surface area is 343 Å². The summed E-state index contributed by atoms with van der Waals surface area (Å²) in [5, 5.41) is 25.5. The van der Waals surface area contributed by atoms with E-state index in [1.54, 1.807) is 0 Å². The number of hydrogen-bond acceptors (Lipinski definition) is 20. The summed E-state index contributed by atoms with van der Waals surface area (Å²) in [6.07, 6.45) is -8.46. The first-order chi connectivity index (χ1) is 28.0. The van der Waals surface area contributed by atoms with E-state index in [4.69, 9.17) is 47.0 Å². The zero-order chi connectivity index (χ0) is 44.3. The fourth-order valence-corrected chi connectivity index (χ4v) is 9.61. The lowest BCUT2D eigenvalue weighted by Gasteiger charge is -2.67. The summed E-state index contributed by atoms with van der Waals surface area (Å²) in [6, 6.07) is 4.18. The maximum Gasteiger partial charge on any atom is 0.340 e. The number of carbonyl (C=O) groups is 7. The van der Waals surface area contributed by atoms with Crippen molar-refractivity contribution in [2.75, 3.05) is 13.2 Å². The number of furan rings is 1. The molecule has 0 radical (unpaired) electrons. The predicted molar refractivity (Wildman–Crippen MR) is 194 cm³/mol. The Bertz CT molecular complexity index is 2060. The summed E-state index contributed by atoms with van der Waals surface area (Å²) in [5.41, 5.74) is -13.0. The molecule has 60 heavy (non-hydrogen) atoms. The van der Waals surface area contributed by atoms with Crippen LogP contribution in [0.2, 0.25) is 0 Å². The minimum absolute atomic E-state index is 0.0750. The number of hydrogen-bond donors (Lipinski definition) is 2. The highest BCUT2D eigenvalue weighted by atomic mass is 16.7. The quantitative estimate of drug-likeness (QED) is 0.280. The fraction of sp³-hybridized carbons (Fsp3) is 0.600. The molecule has 13 atom stereocenters. The minimum Gasteiger partial charge on any atom is -0.464 e. The highest BCUT2D eigenvalue weighted by Crippen LogP contribution is 2.70. The summed E-state index contributed by atoms with van der Waals surface area (Å²) < 4.78 is 60.7. The Morgan fingerprint density at radius 2 is 1.38 bits per heavy atom. The lowest BCUT2D eigenvalue weighted by molar-refractivity contribution is -0.386. The maximum atomic E-state index is 14.5. The van der Waals surface area contributed by atoms with Gasteiger partial charge in [0.1, 0.15) is 42.0 Å². The van der Waals surface area contributed by atoms with E-state index in [2.05, 4.69) is 4.98 Å². The van der Waals surface area contributed by atoms with Crippen molar-refractivity contribution in [1.29, 1.82) is 0 Å². The van der Waals surface area contributed by atoms with Crippen molar-refractivity contribution >= 4 is 41.8 Å². The molecule has 4 aliphatic rings. The van der Waals surface area contributed by atoms with Crippen molar-refractivity contribution in [2.24, 2.45) is 11.3 Å². The SMILES string of the molecule is CC(=O)O[C@@H]1[C@@H]2[C@@H](OC(C)=O)[C@@]34O[C@@]2(C)COC(=O)c2cnccc2C(C)C(C)(O)C(=O)O[C@@H]([C@H](OC(C)=O)[C@H](OC(C)=O)[C@@]3(COc2ccco2)[C@@H]1OC(C)=O)[C@]4(C)O. The number of rotatable bonds is 8. The maximum absolute atomic E-state index is 14.5. The molecule has 2 aliphatic heterocycles. The van der Waals surface area contributed by atoms with Gasteiger partial charge in [0.15, 0.2) is 35.6 Å². The van der Waals surface area contributed by atoms with E-state index in [0.29, 0.717) is 0 Å². The number of aliphatic hydroxyl groups is 2. The largest absolute Gasteiger partial charge is 0.464 e. The van der Waals surface area contributed by atoms with Gasteiger partial charge in [0.25, 0.3) is 5.95 Å². The van der Waals surface area contributed by atoms with Crippen LogP contribution in [0.15, 0.2) is 41.3 Å². The molecule has 4 heterocycles. The molecule has 0 amide bonds. The summed E-state index contributed by atoms with van der Waals surface area (Å²) in [7, 11) is 0. The molecule has 2 aromatic heterocycles. The number of ether oxygens (including phenoxy) is 9. The minimum atomic E-state index is -2.89. The number of esters is 7. The third-order valence-electron chi connectivity index (χ3n) is 12.0. The molecule has 1 spiro atoms. The second kappa shape index (κ2) is 15.5. The van der Waals surface area contributed by atoms with Gasteiger partial charge in [0, 0.05) is 59.0 Å². The van der Waals surface area contributed by atoms with Crippen LogP contribution in [-0.2, 0) is 66.7 Å². The number of aromatic nitrogens is 1. The van der Waals surface area contributed by atoms with Crippen LogP contribution in [0, 0.1) is 11.3 Å². The van der Waals surface area contributed by atoms with Gasteiger partial charge in [-0.05, 0) is 38.5 Å². The summed E-state index contributed by atoms with van der Waals surface area (Å²) >= 11 is 0. The number of fused-ring (bicyclic) bond motifs is 5. The Morgan fingerprint density at radius 3 is 1.95 bits per heavy atom. The van der Waals surface area contributed by atoms with Gasteiger partial charge >= 0.3 is 41.8 Å². The molecule has 2 N–H and O–H groups in total. The van der Waals surface area contributed by atoms with Crippen LogP contribution in [0.4, 0.5) is 0 Å². The third kappa shape index (κ3) is 6.83. The van der Waals surface area contributed by atoms with Gasteiger partial charge in [-0.25, -0.2) is 9.59 Å². The average Bonchev–Trinajstić information content (AvgIpc) is 3.74. The van der Waals surface area contributed by atoms with Gasteiger partial charge in [-0.3, -0.25) is 29.0 Å². The first-order valence-corrected chi connectivity index (χ1v) is 19.0. The standard InChI is InChI=1S/C40H47NO19/c1-18-24-12-13-41-15-25(24)34(47)53-16-36(7)27-28(54-19(2)42)32(57-22(5)45)39(17-52-26-11-10-14-51-26)33(58-23(6)46)29(55-20(3)43)31(59-35(48)37(18,8)49)38(9,50)40(39,60-36)30(27)56-21(4)44/h10-15,18,27-33,49-50H,16-17H2,1-9H3/t18?,27-,28-,29+,30-,31+,32-,33+,36+,37?,38+,39-,40+/m1/s1. The molecule has 1 saturated heterocycles. The third-order valence-corrected chi connectivity index (χ3v) is 12.0. The normalized spacial score (nSPS) is 38.2. The Balaban J connectivity index is 1.81. The number of nitrogens with zero attached hydrogens (tertiary/aromatic N) is 1. The van der Waals surface area contributed by atoms with E-state index in [-0.39, 0.29) is 17.1 Å². The molecule has 6 rings (SSSR count). The lowest BCUT2D eigenvalue weighted by atomic mass is 9.45. The molecule has 0 aromatic carbocycles. The van der Waals surface area contributed by atoms with Crippen LogP contribution in [0.1, 0.15) is 84.2 Å². The van der Waals surface area contributed by atoms with Gasteiger partial charge in [-0.1, -0.05) is 6.92 Å². The van der Waals surface area contributed by atoms with Crippen LogP contribution in [0.5, 0.6) is 5.95 Å². The summed E-state index contributed by atoms with van der Waals surface area (Å²) in [6.45, 7) is 8.20. The molecule has 2 aliphatic carbocycles. The van der Waals surface area contributed by atoms with E-state index in [9.17, 15) is 43.8 Å². The highest BCUT2D eigenvalue weighted by Gasteiger charge is 2.92. The Morgan fingerprint density at radius 1 is 0.817 bits per heavy atom. The predicted octanol–water partition coefficient (Wildman–Crippen LogP) is 1.26. The van der Waals surface area contributed by atoms with E-state index >= 15 is 0 Å². The number of pyridine rings is 1. The van der Waals surface area contributed by atoms with Gasteiger partial charge < -0.3 is 57.3 Å². The zero-order valence-electron chi connectivity index (χ0n) is 34.3. The molecule has 2 aromatic rings. The molecule has 3 fully saturated rings. The van der Waals surface area contributed by atoms with Crippen LogP contribution >= 0.6 is 0 Å². The first kappa shape index (κ1) is 44.0. The summed E-state index contributed by atoms with van der Waals surface area (Å²) in [4.78, 5) is 99.1. The zero-order valence-corrected chi connectivity index (χ0v) is 34.3. The lowest BCUT2D eigenvalue weighted by Crippen LogP contribution is -2.89. The molecular formula is C40H47NO19. The smallest absolute Gasteiger partial charge is 0.340 e. The molecule has 20 heteroatoms. The topological polar surface area (TPSA) is 269 Å². The van der Waals surface area contributed by atoms with Crippen molar-refractivity contribution in [3.8, 4) is 5.95 Å². The first-order valence-electron chi connectivity index (χ1n) is 19.0. The molecule has 2 saturated carbocycles. The Kier molecular flexibility index (Phi) is 11.3. The van der Waals surface area contributed by atoms with E-state index in [1.807, 2.05) is 0 Å². The molecule has 20 nitrogen and oxygen atoms in total. The van der Waals surface area contributed by atoms with Crippen LogP contribution < -0.4 is 4.74 Å². The van der Waals surface area contributed by atoms with E-state index < -0.39 is 131 Å². The van der Waals surface area contributed by atoms with Crippen molar-refractivity contribution in [3.63, 3.8) is 0 Å². The second-order valence-corrected chi connectivity index (χ2v) is 16.1. The van der Waals surface area contributed by atoms with Gasteiger partial charge in [0.2, 0.25) is 0 Å². The van der Waals surface area contributed by atoms with Crippen LogP contribution in [0.3, 0.4) is 0 Å². The molecular weight excluding hydrogens is 798 g/mol. The van der Waals surface area contributed by atoms with Crippen LogP contribution in [-0.4, -0.2) is 129 Å². The van der Waals surface area contributed by atoms with Crippen molar-refractivity contribution in [2.45, 2.75) is 127 Å². The highest BCUT2D eigenvalue weighted by molar-refractivity contribution is 5.92. The molecule has 326 valence electrons. The van der Waals surface area contributed by atoms with Gasteiger partial charge in [-0.15, -0.1) is 0 Å². The van der Waals surface area contributed by atoms with Crippen molar-refractivity contribution in [1.82, 2.24) is 4.98 Å². The van der Waals surface area contributed by atoms with E-state index in [0.717, 1.165) is 54.7 Å². The van der Waals surface area contributed by atoms with E-state index in [1.165, 1.54) is 44.5 Å². The van der Waals surface area contributed by atoms with Crippen LogP contribution in [0.25, 0.3) is 0 Å². The van der Waals surface area contributed by atoms with Gasteiger partial charge in [0.05, 0.1) is 17.7 Å². The number of carbonyl (C=O) groups excluding carboxylic acids is 7. The Hall–Kier alpha value is -5.60. The van der Waals surface area contributed by atoms with Gasteiger partial charge in [-0.2, -0.15) is 0 Å². The molecule has 4 bridgehead atoms. The summed E-state index contributed by atoms with van der Waals surface area (Å²) in [5.74, 6) is -10.7. The number of cyclic esters (lactones) is 1. The molecule has 2 unspecified atom stereocenters. The second-order valence-electron chi connectivity index (χ2n) is 16.1. The monoisotopic (exact) mass is 845 g/mol. The fourth-order valence-electron chi connectivity index (χ4n) is 9.61. The average molecular weight is 846 g/mol. The van der Waals surface area contributed by atoms with Crippen molar-refractivity contribution < 1.29 is 90.8 Å². The van der Waals surface area contributed by atoms with Crippen molar-refractivity contribution in [3.05, 3.63) is 48.0 Å².